The van der Waals surface area contributed by atoms with E-state index < -0.39 is 0 Å². The van der Waals surface area contributed by atoms with Crippen molar-refractivity contribution in [2.45, 2.75) is 4.34 Å². The second-order valence-corrected chi connectivity index (χ2v) is 7.06. The first-order valence-corrected chi connectivity index (χ1v) is 8.99. The topological polar surface area (TPSA) is 63.6 Å². The number of rotatable bonds is 6. The zero-order valence-electron chi connectivity index (χ0n) is 12.9. The Balaban J connectivity index is 1.49. The lowest BCUT2D eigenvalue weighted by molar-refractivity contribution is -0.118. The summed E-state index contributed by atoms with van der Waals surface area (Å²) in [6, 6.07) is 15.3. The number of amides is 1. The average molecular weight is 357 g/mol. The van der Waals surface area contributed by atoms with Crippen molar-refractivity contribution in [1.82, 2.24) is 10.4 Å². The number of methoxy groups -OCH3 is 1. The number of ether oxygens (including phenoxy) is 1. The van der Waals surface area contributed by atoms with E-state index in [9.17, 15) is 4.79 Å². The molecule has 1 N–H and O–H groups in total. The highest BCUT2D eigenvalue weighted by Crippen LogP contribution is 2.28. The summed E-state index contributed by atoms with van der Waals surface area (Å²) in [7, 11) is 1.62. The van der Waals surface area contributed by atoms with Crippen molar-refractivity contribution < 1.29 is 9.53 Å². The lowest BCUT2D eigenvalue weighted by Crippen LogP contribution is -2.19. The first kappa shape index (κ1) is 16.5. The molecular formula is C17H15N3O2S2. The fourth-order valence-corrected chi connectivity index (χ4v) is 3.80. The second kappa shape index (κ2) is 7.94. The fraction of sp³-hybridized carbons (Fsp3) is 0.118. The first-order chi connectivity index (χ1) is 11.7. The van der Waals surface area contributed by atoms with Gasteiger partial charge >= 0.3 is 0 Å². The minimum absolute atomic E-state index is 0.163. The van der Waals surface area contributed by atoms with Gasteiger partial charge in [0, 0.05) is 0 Å². The molecular weight excluding hydrogens is 342 g/mol. The van der Waals surface area contributed by atoms with Gasteiger partial charge in [0.25, 0.3) is 5.91 Å². The van der Waals surface area contributed by atoms with Gasteiger partial charge in [-0.05, 0) is 42.0 Å². The molecule has 3 rings (SSSR count). The number of hydrogen-bond acceptors (Lipinski definition) is 6. The molecule has 1 amide bonds. The molecule has 2 aromatic carbocycles. The monoisotopic (exact) mass is 357 g/mol. The highest BCUT2D eigenvalue weighted by Gasteiger charge is 2.06. The van der Waals surface area contributed by atoms with Crippen LogP contribution in [0.15, 0.2) is 58.0 Å². The summed E-state index contributed by atoms with van der Waals surface area (Å²) < 4.78 is 7.09. The minimum Gasteiger partial charge on any atom is -0.497 e. The molecule has 0 radical (unpaired) electrons. The molecule has 0 atom stereocenters. The van der Waals surface area contributed by atoms with Crippen molar-refractivity contribution >= 4 is 45.4 Å². The quantitative estimate of drug-likeness (QED) is 0.416. The molecule has 0 saturated carbocycles. The van der Waals surface area contributed by atoms with Crippen LogP contribution in [0.25, 0.3) is 10.2 Å². The molecule has 5 nitrogen and oxygen atoms in total. The highest BCUT2D eigenvalue weighted by molar-refractivity contribution is 8.01. The van der Waals surface area contributed by atoms with Gasteiger partial charge in [-0.1, -0.05) is 23.9 Å². The Bertz CT molecular complexity index is 827. The Morgan fingerprint density at radius 1 is 1.29 bits per heavy atom. The van der Waals surface area contributed by atoms with Gasteiger partial charge < -0.3 is 4.74 Å². The van der Waals surface area contributed by atoms with Crippen molar-refractivity contribution in [1.29, 1.82) is 0 Å². The molecule has 0 spiro atoms. The van der Waals surface area contributed by atoms with Crippen LogP contribution >= 0.6 is 23.1 Å². The maximum atomic E-state index is 11.8. The van der Waals surface area contributed by atoms with Crippen LogP contribution in [-0.2, 0) is 4.79 Å². The van der Waals surface area contributed by atoms with Gasteiger partial charge in [0.1, 0.15) is 5.75 Å². The van der Waals surface area contributed by atoms with E-state index in [-0.39, 0.29) is 11.7 Å². The number of para-hydroxylation sites is 1. The molecule has 0 unspecified atom stereocenters. The van der Waals surface area contributed by atoms with Crippen molar-refractivity contribution in [3.05, 3.63) is 54.1 Å². The maximum absolute atomic E-state index is 11.8. The molecule has 3 aromatic rings. The molecule has 1 heterocycles. The molecule has 122 valence electrons. The third-order valence-electron chi connectivity index (χ3n) is 3.12. The van der Waals surface area contributed by atoms with Gasteiger partial charge in [0.05, 0.1) is 29.3 Å². The first-order valence-electron chi connectivity index (χ1n) is 7.19. The van der Waals surface area contributed by atoms with Crippen molar-refractivity contribution in [2.24, 2.45) is 5.10 Å². The molecule has 0 aliphatic rings. The number of aromatic nitrogens is 1. The summed E-state index contributed by atoms with van der Waals surface area (Å²) in [4.78, 5) is 16.3. The Hall–Kier alpha value is -2.38. The van der Waals surface area contributed by atoms with Crippen LogP contribution in [0.5, 0.6) is 5.75 Å². The predicted molar refractivity (Wildman–Crippen MR) is 99.1 cm³/mol. The summed E-state index contributed by atoms with van der Waals surface area (Å²) in [6.07, 6.45) is 1.60. The number of nitrogens with zero attached hydrogens (tertiary/aromatic N) is 2. The van der Waals surface area contributed by atoms with Crippen LogP contribution < -0.4 is 10.2 Å². The number of hydrazone groups is 1. The number of thioether (sulfide) groups is 1. The Morgan fingerprint density at radius 2 is 2.08 bits per heavy atom. The molecule has 0 fully saturated rings. The number of carbonyl (C=O) groups excluding carboxylic acids is 1. The van der Waals surface area contributed by atoms with Crippen LogP contribution in [0, 0.1) is 0 Å². The minimum atomic E-state index is -0.163. The molecule has 0 bridgehead atoms. The molecule has 7 heteroatoms. The summed E-state index contributed by atoms with van der Waals surface area (Å²) in [5, 5.41) is 3.96. The summed E-state index contributed by atoms with van der Waals surface area (Å²) in [5.74, 6) is 0.896. The third kappa shape index (κ3) is 4.33. The van der Waals surface area contributed by atoms with Crippen LogP contribution in [0.3, 0.4) is 0 Å². The van der Waals surface area contributed by atoms with Gasteiger partial charge in [-0.3, -0.25) is 4.79 Å². The van der Waals surface area contributed by atoms with Crippen LogP contribution in [-0.4, -0.2) is 30.0 Å². The van der Waals surface area contributed by atoms with E-state index >= 15 is 0 Å². The van der Waals surface area contributed by atoms with E-state index in [1.165, 1.54) is 11.8 Å². The van der Waals surface area contributed by atoms with Crippen molar-refractivity contribution in [3.8, 4) is 5.75 Å². The van der Waals surface area contributed by atoms with Gasteiger partial charge in [-0.25, -0.2) is 10.4 Å². The smallest absolute Gasteiger partial charge is 0.250 e. The third-order valence-corrected chi connectivity index (χ3v) is 5.30. The Kier molecular flexibility index (Phi) is 5.45. The summed E-state index contributed by atoms with van der Waals surface area (Å²) in [5.41, 5.74) is 4.36. The lowest BCUT2D eigenvalue weighted by Gasteiger charge is -1.99. The van der Waals surface area contributed by atoms with E-state index in [2.05, 4.69) is 15.5 Å². The van der Waals surface area contributed by atoms with Gasteiger partial charge in [0.15, 0.2) is 4.34 Å². The van der Waals surface area contributed by atoms with Crippen LogP contribution in [0.4, 0.5) is 0 Å². The van der Waals surface area contributed by atoms with E-state index in [0.717, 1.165) is 25.9 Å². The summed E-state index contributed by atoms with van der Waals surface area (Å²) in [6.45, 7) is 0. The standard InChI is InChI=1S/C17H15N3O2S2/c1-22-13-8-6-12(7-9-13)10-18-20-16(21)11-23-17-19-14-4-2-3-5-15(14)24-17/h2-10H,11H2,1H3,(H,20,21)/b18-10+. The molecule has 24 heavy (non-hydrogen) atoms. The van der Waals surface area contributed by atoms with E-state index in [1.807, 2.05) is 48.5 Å². The lowest BCUT2D eigenvalue weighted by atomic mass is 10.2. The number of benzene rings is 2. The Labute approximate surface area is 147 Å². The number of carbonyl (C=O) groups is 1. The number of fused-ring (bicyclic) bond motifs is 1. The van der Waals surface area contributed by atoms with Crippen molar-refractivity contribution in [3.63, 3.8) is 0 Å². The van der Waals surface area contributed by atoms with Crippen LogP contribution in [0.2, 0.25) is 0 Å². The largest absolute Gasteiger partial charge is 0.497 e. The molecule has 0 aliphatic heterocycles. The van der Waals surface area contributed by atoms with Crippen LogP contribution in [0.1, 0.15) is 5.56 Å². The highest BCUT2D eigenvalue weighted by atomic mass is 32.2. The zero-order valence-corrected chi connectivity index (χ0v) is 14.6. The average Bonchev–Trinajstić information content (AvgIpc) is 3.03. The van der Waals surface area contributed by atoms with Crippen molar-refractivity contribution in [2.75, 3.05) is 12.9 Å². The molecule has 1 aromatic heterocycles. The zero-order chi connectivity index (χ0) is 16.8. The Morgan fingerprint density at radius 3 is 2.83 bits per heavy atom. The van der Waals surface area contributed by atoms with E-state index in [4.69, 9.17) is 4.74 Å². The second-order valence-electron chi connectivity index (χ2n) is 4.80. The normalized spacial score (nSPS) is 11.0. The number of hydrogen-bond donors (Lipinski definition) is 1. The van der Waals surface area contributed by atoms with E-state index in [0.29, 0.717) is 0 Å². The summed E-state index contributed by atoms with van der Waals surface area (Å²) >= 11 is 3.00. The van der Waals surface area contributed by atoms with Gasteiger partial charge in [0.2, 0.25) is 0 Å². The van der Waals surface area contributed by atoms with Gasteiger partial charge in [-0.2, -0.15) is 5.10 Å². The fourth-order valence-electron chi connectivity index (χ4n) is 1.94. The van der Waals surface area contributed by atoms with Gasteiger partial charge in [-0.15, -0.1) is 11.3 Å². The SMILES string of the molecule is COc1ccc(/C=N/NC(=O)CSc2nc3ccccc3s2)cc1. The molecule has 0 aliphatic carbocycles. The maximum Gasteiger partial charge on any atom is 0.250 e. The predicted octanol–water partition coefficient (Wildman–Crippen LogP) is 3.55. The van der Waals surface area contributed by atoms with E-state index in [1.54, 1.807) is 24.7 Å². The number of nitrogens with one attached hydrogen (secondary N) is 1. The number of thiazole rings is 1. The molecule has 0 saturated heterocycles.